The van der Waals surface area contributed by atoms with E-state index in [1.165, 1.54) is 22.9 Å². The van der Waals surface area contributed by atoms with E-state index in [0.717, 1.165) is 25.9 Å². The van der Waals surface area contributed by atoms with Crippen molar-refractivity contribution in [2.45, 2.75) is 38.8 Å². The highest BCUT2D eigenvalue weighted by Crippen LogP contribution is 2.25. The minimum Gasteiger partial charge on any atom is -0.433 e. The average molecular weight is 401 g/mol. The molecule has 3 aromatic heterocycles. The van der Waals surface area contributed by atoms with Crippen LogP contribution in [0, 0.1) is 6.92 Å². The van der Waals surface area contributed by atoms with Gasteiger partial charge in [0.25, 0.3) is 5.56 Å². The molecule has 0 atom stereocenters. The van der Waals surface area contributed by atoms with Crippen LogP contribution in [0.2, 0.25) is 0 Å². The van der Waals surface area contributed by atoms with Crippen molar-refractivity contribution < 1.29 is 13.5 Å². The number of aryl methyl sites for hydroxylation is 1. The number of rotatable bonds is 5. The Morgan fingerprint density at radius 3 is 2.86 bits per heavy atom. The lowest BCUT2D eigenvalue weighted by atomic mass is 9.91. The zero-order valence-corrected chi connectivity index (χ0v) is 15.9. The molecule has 0 bridgehead atoms. The molecule has 0 aromatic carbocycles. The van der Waals surface area contributed by atoms with Gasteiger partial charge in [-0.2, -0.15) is 8.78 Å². The van der Waals surface area contributed by atoms with Gasteiger partial charge >= 0.3 is 6.61 Å². The summed E-state index contributed by atoms with van der Waals surface area (Å²) >= 11 is 0. The molecule has 1 N–H and O–H groups in total. The second-order valence-electron chi connectivity index (χ2n) is 7.06. The van der Waals surface area contributed by atoms with Crippen LogP contribution < -0.4 is 15.6 Å². The summed E-state index contributed by atoms with van der Waals surface area (Å²) in [5, 5.41) is 3.29. The van der Waals surface area contributed by atoms with Crippen molar-refractivity contribution in [3.63, 3.8) is 0 Å². The van der Waals surface area contributed by atoms with Gasteiger partial charge in [-0.3, -0.25) is 19.3 Å². The Morgan fingerprint density at radius 1 is 1.31 bits per heavy atom. The first-order chi connectivity index (χ1) is 14.0. The summed E-state index contributed by atoms with van der Waals surface area (Å²) in [6.07, 6.45) is 4.83. The zero-order chi connectivity index (χ0) is 20.4. The fourth-order valence-electron chi connectivity index (χ4n) is 3.70. The van der Waals surface area contributed by atoms with Crippen LogP contribution in [0.25, 0.3) is 11.2 Å². The SMILES string of the molecule is Cc1cnc2cc(C3CCNCC3)c(=O)n(Cc3ncccc3OC(F)F)c2n1. The fourth-order valence-corrected chi connectivity index (χ4v) is 3.70. The van der Waals surface area contributed by atoms with Crippen molar-refractivity contribution in [1.29, 1.82) is 0 Å². The van der Waals surface area contributed by atoms with Gasteiger partial charge in [-0.05, 0) is 57.0 Å². The predicted octanol–water partition coefficient (Wildman–Crippen LogP) is 2.61. The number of halogens is 2. The standard InChI is InChI=1S/C20H21F2N5O2/c1-12-10-25-15-9-14(13-4-7-23-8-5-13)19(28)27(18(15)26-12)11-16-17(29-20(21)22)3-2-6-24-16/h2-3,6,9-10,13,20,23H,4-5,7-8,11H2,1H3. The minimum atomic E-state index is -2.98. The summed E-state index contributed by atoms with van der Waals surface area (Å²) < 4.78 is 31.6. The number of piperidine rings is 1. The topological polar surface area (TPSA) is 81.9 Å². The molecule has 7 nitrogen and oxygen atoms in total. The number of hydrogen-bond donors (Lipinski definition) is 1. The largest absolute Gasteiger partial charge is 0.433 e. The number of alkyl halides is 2. The lowest BCUT2D eigenvalue weighted by Crippen LogP contribution is -2.32. The lowest BCUT2D eigenvalue weighted by Gasteiger charge is -2.23. The predicted molar refractivity (Wildman–Crippen MR) is 103 cm³/mol. The highest BCUT2D eigenvalue weighted by molar-refractivity contribution is 5.71. The van der Waals surface area contributed by atoms with Crippen LogP contribution in [0.3, 0.4) is 0 Å². The van der Waals surface area contributed by atoms with E-state index in [1.807, 2.05) is 6.07 Å². The zero-order valence-electron chi connectivity index (χ0n) is 15.9. The van der Waals surface area contributed by atoms with Crippen molar-refractivity contribution in [1.82, 2.24) is 24.8 Å². The van der Waals surface area contributed by atoms with Gasteiger partial charge in [0.15, 0.2) is 5.65 Å². The molecule has 1 fully saturated rings. The van der Waals surface area contributed by atoms with Gasteiger partial charge in [0, 0.05) is 18.0 Å². The number of aromatic nitrogens is 4. The van der Waals surface area contributed by atoms with Crippen LogP contribution in [-0.4, -0.2) is 39.2 Å². The summed E-state index contributed by atoms with van der Waals surface area (Å²) in [5.74, 6) is 0.0541. The maximum Gasteiger partial charge on any atom is 0.387 e. The summed E-state index contributed by atoms with van der Waals surface area (Å²) in [5.41, 5.74) is 2.37. The molecule has 1 aliphatic heterocycles. The molecule has 1 aliphatic rings. The van der Waals surface area contributed by atoms with E-state index < -0.39 is 6.61 Å². The third-order valence-corrected chi connectivity index (χ3v) is 5.09. The summed E-state index contributed by atoms with van der Waals surface area (Å²) in [6, 6.07) is 4.73. The Kier molecular flexibility index (Phi) is 5.48. The second kappa shape index (κ2) is 8.20. The van der Waals surface area contributed by atoms with E-state index in [9.17, 15) is 13.6 Å². The highest BCUT2D eigenvalue weighted by Gasteiger charge is 2.22. The van der Waals surface area contributed by atoms with Gasteiger partial charge in [-0.25, -0.2) is 4.98 Å². The molecule has 0 amide bonds. The Bertz CT molecular complexity index is 1080. The number of pyridine rings is 2. The first-order valence-electron chi connectivity index (χ1n) is 9.49. The molecule has 4 heterocycles. The summed E-state index contributed by atoms with van der Waals surface area (Å²) in [7, 11) is 0. The molecule has 152 valence electrons. The van der Waals surface area contributed by atoms with Gasteiger partial charge in [-0.15, -0.1) is 0 Å². The molecule has 0 unspecified atom stereocenters. The van der Waals surface area contributed by atoms with Crippen LogP contribution in [0.4, 0.5) is 8.78 Å². The number of ether oxygens (including phenoxy) is 1. The Morgan fingerprint density at radius 2 is 2.10 bits per heavy atom. The molecule has 0 spiro atoms. The summed E-state index contributed by atoms with van der Waals surface area (Å²) in [4.78, 5) is 26.5. The maximum atomic E-state index is 13.4. The van der Waals surface area contributed by atoms with E-state index in [0.29, 0.717) is 22.4 Å². The van der Waals surface area contributed by atoms with Crippen molar-refractivity contribution in [3.8, 4) is 5.75 Å². The van der Waals surface area contributed by atoms with Crippen LogP contribution in [0.15, 0.2) is 35.4 Å². The Labute approximate surface area is 165 Å². The van der Waals surface area contributed by atoms with Crippen LogP contribution in [-0.2, 0) is 6.54 Å². The van der Waals surface area contributed by atoms with Gasteiger partial charge in [-0.1, -0.05) is 0 Å². The molecular weight excluding hydrogens is 380 g/mol. The number of nitrogens with one attached hydrogen (secondary N) is 1. The van der Waals surface area contributed by atoms with Gasteiger partial charge in [0.2, 0.25) is 0 Å². The number of nitrogens with zero attached hydrogens (tertiary/aromatic N) is 4. The van der Waals surface area contributed by atoms with Crippen LogP contribution in [0.5, 0.6) is 5.75 Å². The maximum absolute atomic E-state index is 13.4. The first-order valence-corrected chi connectivity index (χ1v) is 9.49. The summed E-state index contributed by atoms with van der Waals surface area (Å²) in [6.45, 7) is 0.459. The van der Waals surface area contributed by atoms with Crippen molar-refractivity contribution >= 4 is 11.2 Å². The normalized spacial score (nSPS) is 15.2. The lowest BCUT2D eigenvalue weighted by molar-refractivity contribution is -0.0507. The first kappa shape index (κ1) is 19.4. The third kappa shape index (κ3) is 4.09. The van der Waals surface area contributed by atoms with E-state index in [1.54, 1.807) is 13.1 Å². The molecule has 0 radical (unpaired) electrons. The van der Waals surface area contributed by atoms with Crippen molar-refractivity contribution in [2.24, 2.45) is 0 Å². The highest BCUT2D eigenvalue weighted by atomic mass is 19.3. The molecule has 9 heteroatoms. The quantitative estimate of drug-likeness (QED) is 0.708. The monoisotopic (exact) mass is 401 g/mol. The average Bonchev–Trinajstić information content (AvgIpc) is 2.71. The molecule has 3 aromatic rings. The molecule has 1 saturated heterocycles. The number of hydrogen-bond acceptors (Lipinski definition) is 6. The van der Waals surface area contributed by atoms with Gasteiger partial charge in [0.1, 0.15) is 17.0 Å². The fraction of sp³-hybridized carbons (Fsp3) is 0.400. The molecule has 29 heavy (non-hydrogen) atoms. The molecule has 4 rings (SSSR count). The van der Waals surface area contributed by atoms with Gasteiger partial charge < -0.3 is 10.1 Å². The minimum absolute atomic E-state index is 0.0326. The third-order valence-electron chi connectivity index (χ3n) is 5.09. The smallest absolute Gasteiger partial charge is 0.387 e. The van der Waals surface area contributed by atoms with Crippen molar-refractivity contribution in [3.05, 3.63) is 57.9 Å². The molecule has 0 saturated carbocycles. The Balaban J connectivity index is 1.85. The van der Waals surface area contributed by atoms with E-state index in [-0.39, 0.29) is 29.5 Å². The van der Waals surface area contributed by atoms with Gasteiger partial charge in [0.05, 0.1) is 12.2 Å². The van der Waals surface area contributed by atoms with E-state index in [2.05, 4.69) is 25.0 Å². The van der Waals surface area contributed by atoms with Crippen LogP contribution in [0.1, 0.15) is 35.7 Å². The molecular formula is C20H21F2N5O2. The number of fused-ring (bicyclic) bond motifs is 1. The second-order valence-corrected chi connectivity index (χ2v) is 7.06. The molecule has 0 aliphatic carbocycles. The Hall–Kier alpha value is -2.94. The van der Waals surface area contributed by atoms with E-state index in [4.69, 9.17) is 0 Å². The van der Waals surface area contributed by atoms with Crippen molar-refractivity contribution in [2.75, 3.05) is 13.1 Å². The van der Waals surface area contributed by atoms with Crippen LogP contribution >= 0.6 is 0 Å². The van der Waals surface area contributed by atoms with E-state index >= 15 is 0 Å².